The third kappa shape index (κ3) is 2.35. The molecule has 3 aromatic rings. The second-order valence-electron chi connectivity index (χ2n) is 4.33. The Bertz CT molecular complexity index is 678. The smallest absolute Gasteiger partial charge is 0.160 e. The summed E-state index contributed by atoms with van der Waals surface area (Å²) in [6.45, 7) is 0.815. The fourth-order valence-electron chi connectivity index (χ4n) is 2.01. The summed E-state index contributed by atoms with van der Waals surface area (Å²) in [6.07, 6.45) is 0.942. The van der Waals surface area contributed by atoms with E-state index in [4.69, 9.17) is 10.4 Å². The van der Waals surface area contributed by atoms with Crippen LogP contribution in [0.15, 0.2) is 47.1 Å². The van der Waals surface area contributed by atoms with Gasteiger partial charge in [-0.3, -0.25) is 0 Å². The predicted molar refractivity (Wildman–Crippen MR) is 74.9 cm³/mol. The third-order valence-electron chi connectivity index (χ3n) is 3.02. The van der Waals surface area contributed by atoms with Crippen molar-refractivity contribution in [3.8, 4) is 0 Å². The molecule has 5 nitrogen and oxygen atoms in total. The fourth-order valence-corrected chi connectivity index (χ4v) is 2.01. The van der Waals surface area contributed by atoms with Gasteiger partial charge in [-0.15, -0.1) is 0 Å². The van der Waals surface area contributed by atoms with Gasteiger partial charge in [-0.05, 0) is 34.4 Å². The van der Waals surface area contributed by atoms with Crippen LogP contribution in [0.4, 0.5) is 11.4 Å². The first-order valence-corrected chi connectivity index (χ1v) is 6.13. The number of nitrogen functional groups attached to an aromatic ring is 1. The van der Waals surface area contributed by atoms with E-state index < -0.39 is 0 Å². The minimum Gasteiger partial charge on any atom is -0.397 e. The van der Waals surface area contributed by atoms with Crippen LogP contribution in [0.1, 0.15) is 5.56 Å². The number of hydrogen-bond donors (Lipinski definition) is 2. The summed E-state index contributed by atoms with van der Waals surface area (Å²) in [4.78, 5) is 0. The van der Waals surface area contributed by atoms with E-state index in [9.17, 15) is 0 Å². The molecule has 0 aliphatic carbocycles. The van der Waals surface area contributed by atoms with Crippen molar-refractivity contribution in [1.29, 1.82) is 0 Å². The van der Waals surface area contributed by atoms with E-state index in [1.165, 1.54) is 5.56 Å². The highest BCUT2D eigenvalue weighted by Crippen LogP contribution is 2.24. The predicted octanol–water partition coefficient (Wildman–Crippen LogP) is 2.46. The maximum Gasteiger partial charge on any atom is 0.160 e. The van der Waals surface area contributed by atoms with Gasteiger partial charge in [0.15, 0.2) is 11.0 Å². The van der Waals surface area contributed by atoms with Crippen LogP contribution >= 0.6 is 0 Å². The molecule has 19 heavy (non-hydrogen) atoms. The number of benzene rings is 2. The minimum atomic E-state index is 0.574. The molecule has 0 unspecified atom stereocenters. The molecule has 0 saturated carbocycles. The molecule has 3 rings (SSSR count). The maximum absolute atomic E-state index is 5.80. The molecular weight excluding hydrogens is 240 g/mol. The molecule has 0 fully saturated rings. The van der Waals surface area contributed by atoms with Gasteiger partial charge >= 0.3 is 0 Å². The highest BCUT2D eigenvalue weighted by atomic mass is 16.6. The number of aromatic nitrogens is 2. The van der Waals surface area contributed by atoms with Crippen molar-refractivity contribution in [2.45, 2.75) is 6.42 Å². The third-order valence-corrected chi connectivity index (χ3v) is 3.02. The van der Waals surface area contributed by atoms with Crippen LogP contribution in [-0.2, 0) is 6.42 Å². The number of fused-ring (bicyclic) bond motifs is 1. The molecule has 1 aromatic heterocycles. The van der Waals surface area contributed by atoms with E-state index in [1.807, 2.05) is 24.3 Å². The van der Waals surface area contributed by atoms with Gasteiger partial charge in [0, 0.05) is 6.54 Å². The second-order valence-corrected chi connectivity index (χ2v) is 4.33. The van der Waals surface area contributed by atoms with Gasteiger partial charge in [0.2, 0.25) is 0 Å². The Kier molecular flexibility index (Phi) is 3.02. The molecule has 0 atom stereocenters. The van der Waals surface area contributed by atoms with Gasteiger partial charge in [0.1, 0.15) is 0 Å². The molecule has 96 valence electrons. The van der Waals surface area contributed by atoms with Crippen LogP contribution in [0.2, 0.25) is 0 Å². The first-order valence-electron chi connectivity index (χ1n) is 6.13. The molecule has 0 aliphatic heterocycles. The molecule has 0 saturated heterocycles. The molecule has 5 heteroatoms. The molecule has 0 radical (unpaired) electrons. The average molecular weight is 254 g/mol. The van der Waals surface area contributed by atoms with E-state index in [0.717, 1.165) is 18.7 Å². The summed E-state index contributed by atoms with van der Waals surface area (Å²) < 4.78 is 4.73. The van der Waals surface area contributed by atoms with Crippen molar-refractivity contribution in [1.82, 2.24) is 10.3 Å². The van der Waals surface area contributed by atoms with Crippen LogP contribution in [0.25, 0.3) is 11.0 Å². The summed E-state index contributed by atoms with van der Waals surface area (Å²) in [5, 5.41) is 11.0. The lowest BCUT2D eigenvalue weighted by Gasteiger charge is -2.07. The summed E-state index contributed by atoms with van der Waals surface area (Å²) in [6, 6.07) is 14.0. The second kappa shape index (κ2) is 4.97. The molecule has 3 N–H and O–H groups in total. The SMILES string of the molecule is Nc1ccc(NCCc2ccccc2)c2nonc12. The van der Waals surface area contributed by atoms with Gasteiger partial charge in [-0.2, -0.15) is 0 Å². The molecule has 0 aliphatic rings. The van der Waals surface area contributed by atoms with Gasteiger partial charge in [-0.1, -0.05) is 30.3 Å². The van der Waals surface area contributed by atoms with Crippen molar-refractivity contribution in [3.63, 3.8) is 0 Å². The van der Waals surface area contributed by atoms with Gasteiger partial charge in [0.05, 0.1) is 11.4 Å². The lowest BCUT2D eigenvalue weighted by Crippen LogP contribution is -2.05. The zero-order valence-electron chi connectivity index (χ0n) is 10.3. The zero-order valence-corrected chi connectivity index (χ0v) is 10.3. The summed E-state index contributed by atoms with van der Waals surface area (Å²) in [5.74, 6) is 0. The monoisotopic (exact) mass is 254 g/mol. The Labute approximate surface area is 110 Å². The topological polar surface area (TPSA) is 77.0 Å². The van der Waals surface area contributed by atoms with Crippen LogP contribution in [0.3, 0.4) is 0 Å². The summed E-state index contributed by atoms with van der Waals surface area (Å²) >= 11 is 0. The standard InChI is InChI=1S/C14H14N4O/c15-11-6-7-12(14-13(11)17-19-18-14)16-9-8-10-4-2-1-3-5-10/h1-7,16H,8-9,15H2. The molecule has 1 heterocycles. The summed E-state index contributed by atoms with van der Waals surface area (Å²) in [5.41, 5.74) is 9.83. The Hall–Kier alpha value is -2.56. The van der Waals surface area contributed by atoms with E-state index in [2.05, 4.69) is 27.8 Å². The normalized spacial score (nSPS) is 10.7. The lowest BCUT2D eigenvalue weighted by molar-refractivity contribution is 0.316. The van der Waals surface area contributed by atoms with Crippen LogP contribution in [-0.4, -0.2) is 16.9 Å². The first kappa shape index (κ1) is 11.5. The van der Waals surface area contributed by atoms with Crippen molar-refractivity contribution in [2.75, 3.05) is 17.6 Å². The summed E-state index contributed by atoms with van der Waals surface area (Å²) in [7, 11) is 0. The maximum atomic E-state index is 5.80. The van der Waals surface area contributed by atoms with Crippen LogP contribution in [0.5, 0.6) is 0 Å². The van der Waals surface area contributed by atoms with Crippen molar-refractivity contribution in [3.05, 3.63) is 48.0 Å². The van der Waals surface area contributed by atoms with E-state index >= 15 is 0 Å². The highest BCUT2D eigenvalue weighted by molar-refractivity contribution is 5.94. The van der Waals surface area contributed by atoms with Gasteiger partial charge < -0.3 is 11.1 Å². The molecule has 2 aromatic carbocycles. The number of nitrogens with one attached hydrogen (secondary N) is 1. The van der Waals surface area contributed by atoms with Gasteiger partial charge in [0.25, 0.3) is 0 Å². The number of nitrogens with two attached hydrogens (primary N) is 1. The Morgan fingerprint density at radius 1 is 1.00 bits per heavy atom. The highest BCUT2D eigenvalue weighted by Gasteiger charge is 2.09. The van der Waals surface area contributed by atoms with Crippen LogP contribution in [0, 0.1) is 0 Å². The first-order chi connectivity index (χ1) is 9.34. The molecule has 0 amide bonds. The number of hydrogen-bond acceptors (Lipinski definition) is 5. The molecule has 0 spiro atoms. The van der Waals surface area contributed by atoms with E-state index in [0.29, 0.717) is 16.7 Å². The fraction of sp³-hybridized carbons (Fsp3) is 0.143. The van der Waals surface area contributed by atoms with E-state index in [1.54, 1.807) is 6.07 Å². The van der Waals surface area contributed by atoms with Gasteiger partial charge in [-0.25, -0.2) is 4.63 Å². The van der Waals surface area contributed by atoms with Crippen molar-refractivity contribution in [2.24, 2.45) is 0 Å². The number of rotatable bonds is 4. The average Bonchev–Trinajstić information content (AvgIpc) is 2.93. The van der Waals surface area contributed by atoms with E-state index in [-0.39, 0.29) is 0 Å². The van der Waals surface area contributed by atoms with Crippen molar-refractivity contribution < 1.29 is 4.63 Å². The Morgan fingerprint density at radius 2 is 1.79 bits per heavy atom. The van der Waals surface area contributed by atoms with Crippen LogP contribution < -0.4 is 11.1 Å². The largest absolute Gasteiger partial charge is 0.397 e. The quantitative estimate of drug-likeness (QED) is 0.699. The minimum absolute atomic E-state index is 0.574. The molecular formula is C14H14N4O. The Morgan fingerprint density at radius 3 is 2.63 bits per heavy atom. The Balaban J connectivity index is 1.72. The number of nitrogens with zero attached hydrogens (tertiary/aromatic N) is 2. The van der Waals surface area contributed by atoms with Crippen molar-refractivity contribution >= 4 is 22.4 Å². The zero-order chi connectivity index (χ0) is 13.1. The lowest BCUT2D eigenvalue weighted by atomic mass is 10.1. The number of anilines is 2. The molecule has 0 bridgehead atoms.